The first kappa shape index (κ1) is 13.4. The van der Waals surface area contributed by atoms with Gasteiger partial charge in [0.1, 0.15) is 12.4 Å². The van der Waals surface area contributed by atoms with Crippen molar-refractivity contribution in [3.05, 3.63) is 64.2 Å². The van der Waals surface area contributed by atoms with Crippen LogP contribution < -0.4 is 4.74 Å². The number of hydrogen-bond donors (Lipinski definition) is 0. The molecule has 0 aliphatic carbocycles. The summed E-state index contributed by atoms with van der Waals surface area (Å²) in [7, 11) is 0. The summed E-state index contributed by atoms with van der Waals surface area (Å²) >= 11 is 0. The predicted octanol–water partition coefficient (Wildman–Crippen LogP) is 4.10. The van der Waals surface area contributed by atoms with Gasteiger partial charge in [0, 0.05) is 11.1 Å². The highest BCUT2D eigenvalue weighted by molar-refractivity contribution is 6.05. The van der Waals surface area contributed by atoms with E-state index in [0.717, 1.165) is 17.0 Å². The fraction of sp³-hybridized carbons (Fsp3) is 0.316. The lowest BCUT2D eigenvalue weighted by Crippen LogP contribution is -2.30. The average molecular weight is 293 g/mol. The summed E-state index contributed by atoms with van der Waals surface area (Å²) in [6.07, 6.45) is -0.0277. The van der Waals surface area contributed by atoms with E-state index in [1.807, 2.05) is 18.2 Å². The van der Waals surface area contributed by atoms with Gasteiger partial charge in [0.05, 0.1) is 11.6 Å². The minimum Gasteiger partial charge on any atom is -0.492 e. The smallest absolute Gasteiger partial charge is 0.167 e. The number of aryl methyl sites for hydroxylation is 3. The van der Waals surface area contributed by atoms with E-state index in [2.05, 4.69) is 44.1 Å². The van der Waals surface area contributed by atoms with Crippen LogP contribution >= 0.6 is 0 Å². The minimum atomic E-state index is -0.0277. The summed E-state index contributed by atoms with van der Waals surface area (Å²) in [6, 6.07) is 12.5. The van der Waals surface area contributed by atoms with Crippen molar-refractivity contribution >= 4 is 5.71 Å². The highest BCUT2D eigenvalue weighted by Crippen LogP contribution is 2.43. The lowest BCUT2D eigenvalue weighted by Gasteiger charge is -2.27. The number of fused-ring (bicyclic) bond motifs is 3. The zero-order valence-corrected chi connectivity index (χ0v) is 13.1. The number of oxime groups is 1. The number of rotatable bonds is 1. The van der Waals surface area contributed by atoms with Crippen LogP contribution in [0.15, 0.2) is 41.6 Å². The Kier molecular flexibility index (Phi) is 2.96. The molecule has 0 saturated carbocycles. The number of hydrogen-bond acceptors (Lipinski definition) is 3. The minimum absolute atomic E-state index is 0.0277. The van der Waals surface area contributed by atoms with Gasteiger partial charge in [-0.15, -0.1) is 0 Å². The molecule has 0 radical (unpaired) electrons. The molecule has 2 aliphatic heterocycles. The second kappa shape index (κ2) is 4.87. The third kappa shape index (κ3) is 1.92. The largest absolute Gasteiger partial charge is 0.492 e. The molecular weight excluding hydrogens is 274 g/mol. The van der Waals surface area contributed by atoms with Gasteiger partial charge in [-0.25, -0.2) is 0 Å². The van der Waals surface area contributed by atoms with E-state index in [0.29, 0.717) is 6.61 Å². The zero-order valence-electron chi connectivity index (χ0n) is 13.1. The number of para-hydroxylation sites is 1. The quantitative estimate of drug-likeness (QED) is 0.792. The van der Waals surface area contributed by atoms with Gasteiger partial charge in [-0.1, -0.05) is 41.1 Å². The van der Waals surface area contributed by atoms with Crippen LogP contribution in [0.5, 0.6) is 5.75 Å². The lowest BCUT2D eigenvalue weighted by molar-refractivity contribution is 0.0331. The fourth-order valence-electron chi connectivity index (χ4n) is 3.68. The number of nitrogens with zero attached hydrogens (tertiary/aromatic N) is 1. The fourth-order valence-corrected chi connectivity index (χ4v) is 3.68. The lowest BCUT2D eigenvalue weighted by atomic mass is 9.84. The summed E-state index contributed by atoms with van der Waals surface area (Å²) in [4.78, 5) is 5.80. The molecule has 3 nitrogen and oxygen atoms in total. The van der Waals surface area contributed by atoms with Crippen molar-refractivity contribution in [2.24, 2.45) is 11.1 Å². The van der Waals surface area contributed by atoms with Gasteiger partial charge in [-0.2, -0.15) is 0 Å². The first-order chi connectivity index (χ1) is 10.6. The van der Waals surface area contributed by atoms with Crippen molar-refractivity contribution in [3.63, 3.8) is 0 Å². The highest BCUT2D eigenvalue weighted by Gasteiger charge is 2.41. The number of benzene rings is 2. The van der Waals surface area contributed by atoms with Crippen LogP contribution in [0.1, 0.15) is 33.9 Å². The molecule has 4 rings (SSSR count). The molecule has 0 aromatic heterocycles. The Bertz CT molecular complexity index is 756. The molecule has 2 aromatic carbocycles. The first-order valence-electron chi connectivity index (χ1n) is 7.69. The Balaban J connectivity index is 1.76. The Morgan fingerprint density at radius 2 is 1.77 bits per heavy atom. The topological polar surface area (TPSA) is 30.8 Å². The van der Waals surface area contributed by atoms with Crippen LogP contribution in [0.4, 0.5) is 0 Å². The van der Waals surface area contributed by atoms with Gasteiger partial charge in [0.2, 0.25) is 0 Å². The monoisotopic (exact) mass is 293 g/mol. The second-order valence-electron chi connectivity index (χ2n) is 6.23. The Hall–Kier alpha value is -2.29. The summed E-state index contributed by atoms with van der Waals surface area (Å²) in [5.74, 6) is 1.08. The molecule has 2 heterocycles. The van der Waals surface area contributed by atoms with Crippen molar-refractivity contribution in [3.8, 4) is 5.75 Å². The molecule has 3 heteroatoms. The van der Waals surface area contributed by atoms with E-state index in [4.69, 9.17) is 9.57 Å². The molecule has 0 saturated heterocycles. The SMILES string of the molecule is Cc1cc(C)c(C2=NOC3c4ccccc4OCC23)c(C)c1. The van der Waals surface area contributed by atoms with Crippen LogP contribution in [0, 0.1) is 26.7 Å². The van der Waals surface area contributed by atoms with Gasteiger partial charge in [-0.05, 0) is 38.0 Å². The van der Waals surface area contributed by atoms with Crippen molar-refractivity contribution in [2.75, 3.05) is 6.61 Å². The van der Waals surface area contributed by atoms with E-state index in [1.54, 1.807) is 0 Å². The van der Waals surface area contributed by atoms with Gasteiger partial charge >= 0.3 is 0 Å². The van der Waals surface area contributed by atoms with Crippen LogP contribution in [-0.2, 0) is 4.84 Å². The second-order valence-corrected chi connectivity index (χ2v) is 6.23. The summed E-state index contributed by atoms with van der Waals surface area (Å²) < 4.78 is 5.93. The summed E-state index contributed by atoms with van der Waals surface area (Å²) in [5.41, 5.74) is 7.11. The molecule has 0 spiro atoms. The molecule has 112 valence electrons. The van der Waals surface area contributed by atoms with Crippen molar-refractivity contribution in [2.45, 2.75) is 26.9 Å². The summed E-state index contributed by atoms with van der Waals surface area (Å²) in [6.45, 7) is 7.03. The molecule has 2 unspecified atom stereocenters. The average Bonchev–Trinajstić information content (AvgIpc) is 2.90. The Morgan fingerprint density at radius 3 is 2.55 bits per heavy atom. The highest BCUT2D eigenvalue weighted by atomic mass is 16.6. The van der Waals surface area contributed by atoms with Gasteiger partial charge < -0.3 is 9.57 Å². The third-order valence-electron chi connectivity index (χ3n) is 4.56. The maximum absolute atomic E-state index is 5.93. The molecule has 2 aliphatic rings. The molecular formula is C19H19NO2. The standard InChI is InChI=1S/C19H19NO2/c1-11-8-12(2)17(13(3)9-11)18-15-10-21-16-7-5-4-6-14(16)19(15)22-20-18/h4-9,15,19H,10H2,1-3H3. The predicted molar refractivity (Wildman–Crippen MR) is 86.4 cm³/mol. The van der Waals surface area contributed by atoms with Crippen LogP contribution in [0.25, 0.3) is 0 Å². The van der Waals surface area contributed by atoms with Gasteiger partial charge in [-0.3, -0.25) is 0 Å². The maximum Gasteiger partial charge on any atom is 0.167 e. The van der Waals surface area contributed by atoms with Crippen molar-refractivity contribution in [1.29, 1.82) is 0 Å². The van der Waals surface area contributed by atoms with Crippen LogP contribution in [0.2, 0.25) is 0 Å². The molecule has 22 heavy (non-hydrogen) atoms. The van der Waals surface area contributed by atoms with E-state index in [1.165, 1.54) is 22.3 Å². The Labute approximate surface area is 130 Å². The third-order valence-corrected chi connectivity index (χ3v) is 4.56. The molecule has 2 aromatic rings. The van der Waals surface area contributed by atoms with E-state index >= 15 is 0 Å². The van der Waals surface area contributed by atoms with E-state index < -0.39 is 0 Å². The van der Waals surface area contributed by atoms with E-state index in [9.17, 15) is 0 Å². The van der Waals surface area contributed by atoms with Crippen molar-refractivity contribution < 1.29 is 9.57 Å². The Morgan fingerprint density at radius 1 is 1.05 bits per heavy atom. The number of ether oxygens (including phenoxy) is 1. The molecule has 0 amide bonds. The maximum atomic E-state index is 5.93. The normalized spacial score (nSPS) is 22.2. The van der Waals surface area contributed by atoms with Gasteiger partial charge in [0.15, 0.2) is 6.10 Å². The van der Waals surface area contributed by atoms with Crippen LogP contribution in [-0.4, -0.2) is 12.3 Å². The van der Waals surface area contributed by atoms with E-state index in [-0.39, 0.29) is 12.0 Å². The summed E-state index contributed by atoms with van der Waals surface area (Å²) in [5, 5.41) is 4.44. The molecule has 0 bridgehead atoms. The van der Waals surface area contributed by atoms with Crippen LogP contribution in [0.3, 0.4) is 0 Å². The molecule has 2 atom stereocenters. The molecule has 0 fully saturated rings. The molecule has 0 N–H and O–H groups in total. The first-order valence-corrected chi connectivity index (χ1v) is 7.69. The zero-order chi connectivity index (χ0) is 15.3. The van der Waals surface area contributed by atoms with Crippen molar-refractivity contribution in [1.82, 2.24) is 0 Å². The van der Waals surface area contributed by atoms with Gasteiger partial charge in [0.25, 0.3) is 0 Å².